The number of hydrogen-bond acceptors (Lipinski definition) is 3. The van der Waals surface area contributed by atoms with Crippen LogP contribution in [0, 0.1) is 0 Å². The molecule has 1 aliphatic heterocycles. The highest BCUT2D eigenvalue weighted by Gasteiger charge is 2.31. The van der Waals surface area contributed by atoms with E-state index in [1.807, 2.05) is 67.7 Å². The Morgan fingerprint density at radius 2 is 1.69 bits per heavy atom. The smallest absolute Gasteiger partial charge is 0.256 e. The molecule has 1 aliphatic rings. The summed E-state index contributed by atoms with van der Waals surface area (Å²) < 4.78 is 5.71. The predicted octanol–water partition coefficient (Wildman–Crippen LogP) is 5.16. The van der Waals surface area contributed by atoms with E-state index < -0.39 is 0 Å². The third kappa shape index (κ3) is 2.76. The molecule has 0 radical (unpaired) electrons. The monoisotopic (exact) mass is 380 g/mol. The molecule has 0 unspecified atom stereocenters. The van der Waals surface area contributed by atoms with E-state index in [0.717, 1.165) is 33.2 Å². The highest BCUT2D eigenvalue weighted by atomic mass is 16.5. The molecule has 29 heavy (non-hydrogen) atoms. The number of amides is 1. The van der Waals surface area contributed by atoms with Gasteiger partial charge in [0.25, 0.3) is 5.91 Å². The number of hydrogen-bond donors (Lipinski definition) is 0. The maximum atomic E-state index is 13.0. The topological polar surface area (TPSA) is 42.4 Å². The summed E-state index contributed by atoms with van der Waals surface area (Å²) in [6.45, 7) is 0.580. The fourth-order valence-corrected chi connectivity index (χ4v) is 4.08. The number of rotatable bonds is 3. The Labute approximate surface area is 169 Å². The zero-order chi connectivity index (χ0) is 20.0. The molecule has 0 N–H and O–H groups in total. The lowest BCUT2D eigenvalue weighted by molar-refractivity contribution is 0.0817. The van der Waals surface area contributed by atoms with Gasteiger partial charge in [0.2, 0.25) is 0 Å². The average Bonchev–Trinajstić information content (AvgIpc) is 3.06. The fraction of sp³-hybridized carbons (Fsp3) is 0.120. The summed E-state index contributed by atoms with van der Waals surface area (Å²) in [6, 6.07) is 24.2. The summed E-state index contributed by atoms with van der Waals surface area (Å²) in [5, 5.41) is 2.11. The van der Waals surface area contributed by atoms with Crippen molar-refractivity contribution in [3.8, 4) is 28.3 Å². The lowest BCUT2D eigenvalue weighted by atomic mass is 9.95. The SMILES string of the molecule is COc1ccc2ccccc2c1-c1nc(-c2ccccc2)cc2c1C(=O)N(C)C2. The number of aromatic nitrogens is 1. The number of carbonyl (C=O) groups is 1. The first kappa shape index (κ1) is 17.4. The van der Waals surface area contributed by atoms with Crippen LogP contribution in [0.4, 0.5) is 0 Å². The summed E-state index contributed by atoms with van der Waals surface area (Å²) in [4.78, 5) is 19.8. The first-order valence-corrected chi connectivity index (χ1v) is 9.58. The zero-order valence-electron chi connectivity index (χ0n) is 16.3. The van der Waals surface area contributed by atoms with Crippen LogP contribution in [-0.2, 0) is 6.54 Å². The highest BCUT2D eigenvalue weighted by Crippen LogP contribution is 2.41. The standard InChI is InChI=1S/C25H20N2O2/c1-27-15-18-14-20(17-9-4-3-5-10-17)26-24(22(18)25(27)28)23-19-11-7-6-8-16(19)12-13-21(23)29-2/h3-14H,15H2,1-2H3. The van der Waals surface area contributed by atoms with Crippen LogP contribution in [0.2, 0.25) is 0 Å². The van der Waals surface area contributed by atoms with Gasteiger partial charge < -0.3 is 9.64 Å². The normalized spacial score (nSPS) is 13.0. The van der Waals surface area contributed by atoms with Gasteiger partial charge in [0.1, 0.15) is 5.75 Å². The van der Waals surface area contributed by atoms with Gasteiger partial charge in [-0.25, -0.2) is 4.98 Å². The number of fused-ring (bicyclic) bond motifs is 2. The number of ether oxygens (including phenoxy) is 1. The molecule has 1 aromatic heterocycles. The van der Waals surface area contributed by atoms with Gasteiger partial charge in [0.05, 0.1) is 29.6 Å². The Kier molecular flexibility index (Phi) is 4.06. The van der Waals surface area contributed by atoms with Crippen LogP contribution < -0.4 is 4.74 Å². The van der Waals surface area contributed by atoms with Crippen molar-refractivity contribution in [3.63, 3.8) is 0 Å². The molecule has 0 spiro atoms. The second-order valence-corrected chi connectivity index (χ2v) is 7.28. The van der Waals surface area contributed by atoms with Crippen molar-refractivity contribution < 1.29 is 9.53 Å². The van der Waals surface area contributed by atoms with Crippen LogP contribution in [0.3, 0.4) is 0 Å². The number of nitrogens with zero attached hydrogens (tertiary/aromatic N) is 2. The van der Waals surface area contributed by atoms with Crippen molar-refractivity contribution in [2.45, 2.75) is 6.54 Å². The van der Waals surface area contributed by atoms with Gasteiger partial charge in [-0.05, 0) is 28.5 Å². The predicted molar refractivity (Wildman–Crippen MR) is 115 cm³/mol. The minimum Gasteiger partial charge on any atom is -0.496 e. The number of pyridine rings is 1. The minimum atomic E-state index is -0.00269. The second-order valence-electron chi connectivity index (χ2n) is 7.28. The summed E-state index contributed by atoms with van der Waals surface area (Å²) in [5.41, 5.74) is 5.10. The summed E-state index contributed by atoms with van der Waals surface area (Å²) in [7, 11) is 3.48. The van der Waals surface area contributed by atoms with E-state index in [2.05, 4.69) is 12.1 Å². The van der Waals surface area contributed by atoms with Crippen LogP contribution in [0.1, 0.15) is 15.9 Å². The number of carbonyl (C=O) groups excluding carboxylic acids is 1. The van der Waals surface area contributed by atoms with Crippen LogP contribution in [0.25, 0.3) is 33.3 Å². The first-order chi connectivity index (χ1) is 14.2. The van der Waals surface area contributed by atoms with Gasteiger partial charge in [0.15, 0.2) is 0 Å². The average molecular weight is 380 g/mol. The molecule has 0 atom stereocenters. The van der Waals surface area contributed by atoms with Gasteiger partial charge in [-0.15, -0.1) is 0 Å². The van der Waals surface area contributed by atoms with Crippen LogP contribution in [-0.4, -0.2) is 29.9 Å². The molecule has 5 rings (SSSR count). The lowest BCUT2D eigenvalue weighted by Gasteiger charge is -2.15. The Hall–Kier alpha value is -3.66. The molecule has 3 aromatic carbocycles. The fourth-order valence-electron chi connectivity index (χ4n) is 4.08. The van der Waals surface area contributed by atoms with Crippen LogP contribution in [0.15, 0.2) is 72.8 Å². The lowest BCUT2D eigenvalue weighted by Crippen LogP contribution is -2.18. The van der Waals surface area contributed by atoms with Crippen molar-refractivity contribution in [1.29, 1.82) is 0 Å². The third-order valence-electron chi connectivity index (χ3n) is 5.49. The molecular weight excluding hydrogens is 360 g/mol. The van der Waals surface area contributed by atoms with E-state index in [1.54, 1.807) is 12.0 Å². The molecule has 1 amide bonds. The minimum absolute atomic E-state index is 0.00269. The first-order valence-electron chi connectivity index (χ1n) is 9.58. The summed E-state index contributed by atoms with van der Waals surface area (Å²) in [6.07, 6.45) is 0. The molecule has 0 bridgehead atoms. The van der Waals surface area contributed by atoms with E-state index in [1.165, 1.54) is 0 Å². The van der Waals surface area contributed by atoms with E-state index >= 15 is 0 Å². The van der Waals surface area contributed by atoms with Crippen LogP contribution in [0.5, 0.6) is 5.75 Å². The number of benzene rings is 3. The molecule has 0 saturated heterocycles. The number of methoxy groups -OCH3 is 1. The van der Waals surface area contributed by atoms with Crippen molar-refractivity contribution in [1.82, 2.24) is 9.88 Å². The quantitative estimate of drug-likeness (QED) is 0.493. The van der Waals surface area contributed by atoms with E-state index in [0.29, 0.717) is 23.6 Å². The molecule has 2 heterocycles. The van der Waals surface area contributed by atoms with Crippen molar-refractivity contribution in [2.24, 2.45) is 0 Å². The molecular formula is C25H20N2O2. The molecule has 0 saturated carbocycles. The van der Waals surface area contributed by atoms with Crippen molar-refractivity contribution >= 4 is 16.7 Å². The Balaban J connectivity index is 1.88. The van der Waals surface area contributed by atoms with E-state index in [9.17, 15) is 4.79 Å². The molecule has 142 valence electrons. The summed E-state index contributed by atoms with van der Waals surface area (Å²) >= 11 is 0. The van der Waals surface area contributed by atoms with E-state index in [4.69, 9.17) is 9.72 Å². The van der Waals surface area contributed by atoms with Gasteiger partial charge in [-0.1, -0.05) is 60.7 Å². The highest BCUT2D eigenvalue weighted by molar-refractivity contribution is 6.09. The largest absolute Gasteiger partial charge is 0.496 e. The molecule has 4 aromatic rings. The molecule has 4 nitrogen and oxygen atoms in total. The maximum Gasteiger partial charge on any atom is 0.256 e. The van der Waals surface area contributed by atoms with Gasteiger partial charge >= 0.3 is 0 Å². The molecule has 0 fully saturated rings. The van der Waals surface area contributed by atoms with Gasteiger partial charge in [-0.3, -0.25) is 4.79 Å². The van der Waals surface area contributed by atoms with Crippen molar-refractivity contribution in [2.75, 3.05) is 14.2 Å². The van der Waals surface area contributed by atoms with Gasteiger partial charge in [-0.2, -0.15) is 0 Å². The third-order valence-corrected chi connectivity index (χ3v) is 5.49. The Bertz CT molecular complexity index is 1250. The molecule has 4 heteroatoms. The second kappa shape index (κ2) is 6.74. The Morgan fingerprint density at radius 1 is 0.931 bits per heavy atom. The maximum absolute atomic E-state index is 13.0. The van der Waals surface area contributed by atoms with Gasteiger partial charge in [0, 0.05) is 19.2 Å². The van der Waals surface area contributed by atoms with E-state index in [-0.39, 0.29) is 5.91 Å². The summed E-state index contributed by atoms with van der Waals surface area (Å²) in [5.74, 6) is 0.711. The van der Waals surface area contributed by atoms with Crippen molar-refractivity contribution in [3.05, 3.63) is 83.9 Å². The Morgan fingerprint density at radius 3 is 2.48 bits per heavy atom. The van der Waals surface area contributed by atoms with Crippen LogP contribution >= 0.6 is 0 Å². The molecule has 0 aliphatic carbocycles. The zero-order valence-corrected chi connectivity index (χ0v) is 16.3.